The Morgan fingerprint density at radius 1 is 0.833 bits per heavy atom. The van der Waals surface area contributed by atoms with Crippen LogP contribution in [0.5, 0.6) is 0 Å². The number of carbonyl (C=O) groups excluding carboxylic acids is 6. The van der Waals surface area contributed by atoms with Gasteiger partial charge in [-0.1, -0.05) is 24.6 Å². The van der Waals surface area contributed by atoms with Gasteiger partial charge >= 0.3 is 6.03 Å². The number of aromatic amines is 1. The highest BCUT2D eigenvalue weighted by molar-refractivity contribution is 8.00. The number of nitrogens with one attached hydrogen (secondary N) is 5. The van der Waals surface area contributed by atoms with Gasteiger partial charge in [0.25, 0.3) is 0 Å². The highest BCUT2D eigenvalue weighted by Gasteiger charge is 2.42. The van der Waals surface area contributed by atoms with Crippen molar-refractivity contribution in [1.29, 1.82) is 0 Å². The molecule has 22 nitrogen and oxygen atoms in total. The zero-order valence-corrected chi connectivity index (χ0v) is 46.4. The minimum atomic E-state index is -0.220. The summed E-state index contributed by atoms with van der Waals surface area (Å²) >= 11 is 3.61. The number of nitrogens with zero attached hydrogens (tertiary/aromatic N) is 7. The zero-order chi connectivity index (χ0) is 54.5. The van der Waals surface area contributed by atoms with E-state index in [0.29, 0.717) is 103 Å². The van der Waals surface area contributed by atoms with Gasteiger partial charge in [0.1, 0.15) is 0 Å². The van der Waals surface area contributed by atoms with E-state index in [-0.39, 0.29) is 79.8 Å². The van der Waals surface area contributed by atoms with E-state index in [2.05, 4.69) is 47.3 Å². The van der Waals surface area contributed by atoms with Crippen LogP contribution in [0.3, 0.4) is 0 Å². The Labute approximate surface area is 463 Å². The van der Waals surface area contributed by atoms with Crippen molar-refractivity contribution < 1.29 is 47.7 Å². The number of piperazine rings is 1. The van der Waals surface area contributed by atoms with E-state index in [1.165, 1.54) is 15.9 Å². The van der Waals surface area contributed by atoms with Crippen molar-refractivity contribution in [3.8, 4) is 11.4 Å². The van der Waals surface area contributed by atoms with Crippen LogP contribution in [0.1, 0.15) is 69.1 Å². The summed E-state index contributed by atoms with van der Waals surface area (Å²) in [4.78, 5) is 93.8. The van der Waals surface area contributed by atoms with E-state index in [9.17, 15) is 28.8 Å². The second kappa shape index (κ2) is 30.6. The molecule has 0 spiro atoms. The van der Waals surface area contributed by atoms with Gasteiger partial charge in [-0.2, -0.15) is 16.9 Å². The van der Waals surface area contributed by atoms with Crippen molar-refractivity contribution in [3.63, 3.8) is 0 Å². The molecule has 4 aromatic rings. The number of carbonyl (C=O) groups is 6. The third-order valence-corrected chi connectivity index (χ3v) is 16.8. The van der Waals surface area contributed by atoms with Crippen molar-refractivity contribution in [2.24, 2.45) is 0 Å². The lowest BCUT2D eigenvalue weighted by Gasteiger charge is -2.34. The Balaban J connectivity index is 0.598. The number of ketones is 1. The van der Waals surface area contributed by atoms with Crippen molar-refractivity contribution >= 4 is 85.5 Å². The van der Waals surface area contributed by atoms with Crippen LogP contribution in [0, 0.1) is 0 Å². The number of aromatic nitrogens is 4. The number of hydrogen-bond acceptors (Lipinski definition) is 17. The Hall–Kier alpha value is -5.76. The predicted octanol–water partition coefficient (Wildman–Crippen LogP) is 3.65. The van der Waals surface area contributed by atoms with Crippen LogP contribution in [-0.4, -0.2) is 212 Å². The van der Waals surface area contributed by atoms with Crippen LogP contribution in [0.25, 0.3) is 32.5 Å². The molecule has 0 radical (unpaired) electrons. The van der Waals surface area contributed by atoms with Gasteiger partial charge in [-0.25, -0.2) is 14.8 Å². The van der Waals surface area contributed by atoms with Crippen molar-refractivity contribution in [1.82, 2.24) is 56.1 Å². The summed E-state index contributed by atoms with van der Waals surface area (Å²) < 4.78 is 23.4. The molecular weight excluding hydrogens is 1040 g/mol. The molecule has 0 saturated carbocycles. The average molecular weight is 1120 g/mol. The lowest BCUT2D eigenvalue weighted by atomic mass is 10.0. The largest absolute Gasteiger partial charge is 0.379 e. The maximum atomic E-state index is 13.1. The molecular formula is C54H76N12O10S2. The smallest absolute Gasteiger partial charge is 0.315 e. The molecule has 4 aliphatic rings. The molecule has 7 heterocycles. The minimum Gasteiger partial charge on any atom is -0.379 e. The van der Waals surface area contributed by atoms with Crippen LogP contribution in [0.15, 0.2) is 42.6 Å². The van der Waals surface area contributed by atoms with Gasteiger partial charge in [0.15, 0.2) is 17.4 Å². The normalized spacial score (nSPS) is 18.6. The fraction of sp³-hybridized carbons (Fsp3) is 0.611. The predicted molar refractivity (Wildman–Crippen MR) is 299 cm³/mol. The number of allylic oxidation sites excluding steroid dienone is 1. The van der Waals surface area contributed by atoms with Gasteiger partial charge < -0.3 is 54.9 Å². The maximum absolute atomic E-state index is 13.1. The number of ether oxygens (including phenoxy) is 4. The van der Waals surface area contributed by atoms with E-state index in [4.69, 9.17) is 28.9 Å². The molecule has 3 aromatic heterocycles. The molecule has 8 rings (SSSR count). The number of anilines is 1. The number of likely N-dealkylation sites (N-methyl/N-ethyl adjacent to an activating group) is 1. The highest BCUT2D eigenvalue weighted by Crippen LogP contribution is 2.37. The average Bonchev–Trinajstić information content (AvgIpc) is 4.30. The summed E-state index contributed by atoms with van der Waals surface area (Å²) in [5.41, 5.74) is 2.77. The number of fused-ring (bicyclic) bond motifs is 3. The van der Waals surface area contributed by atoms with Crippen molar-refractivity contribution in [2.45, 2.75) is 88.1 Å². The first-order chi connectivity index (χ1) is 38.1. The molecule has 424 valence electrons. The van der Waals surface area contributed by atoms with Crippen molar-refractivity contribution in [3.05, 3.63) is 47.5 Å². The number of urea groups is 1. The topological polar surface area (TPSA) is 255 Å². The summed E-state index contributed by atoms with van der Waals surface area (Å²) in [6, 6.07) is 8.54. The van der Waals surface area contributed by atoms with E-state index in [0.717, 1.165) is 96.7 Å². The van der Waals surface area contributed by atoms with Gasteiger partial charge in [-0.05, 0) is 43.9 Å². The number of rotatable bonds is 32. The van der Waals surface area contributed by atoms with Crippen LogP contribution in [0.2, 0.25) is 0 Å². The van der Waals surface area contributed by atoms with E-state index in [1.54, 1.807) is 24.5 Å². The van der Waals surface area contributed by atoms with E-state index in [1.807, 2.05) is 41.1 Å². The maximum Gasteiger partial charge on any atom is 0.315 e. The number of unbranched alkanes of at least 4 members (excludes halogenated alkanes) is 1. The number of thioether (sulfide) groups is 1. The lowest BCUT2D eigenvalue weighted by molar-refractivity contribution is -0.134. The number of amides is 6. The third-order valence-electron chi connectivity index (χ3n) is 14.2. The number of hydrogen-bond donors (Lipinski definition) is 5. The zero-order valence-electron chi connectivity index (χ0n) is 44.8. The molecule has 6 amide bonds. The van der Waals surface area contributed by atoms with Crippen molar-refractivity contribution in [2.75, 3.05) is 129 Å². The summed E-state index contributed by atoms with van der Waals surface area (Å²) in [6.45, 7) is 10.1. The standard InChI is InChI=1S/C54H76N12O10S2/c1-63(48(70)16-14-47(69)56-18-7-27-74-31-33-76-32-30-73-26-6-17-55-46(68)12-3-2-11-45-50-44(37-77-45)59-54(72)60-50)19-5-8-38(67)13-15-49(71)65-22-20-64(21-23-65)36-39-34-43-51(78-39)53(66-24-28-75-29-25-66)61-52(58-43)40-9-4-10-42-41(40)35-57-62-42/h4-5,8-10,34-35,44-45,50H,2-3,6-7,11-33,36-37H2,1H3,(H,55,68)(H,56,69)(H,57,62)(H2,59,60,72). The van der Waals surface area contributed by atoms with Crippen LogP contribution in [-0.2, 0) is 49.5 Å². The first-order valence-corrected chi connectivity index (χ1v) is 29.4. The fourth-order valence-corrected chi connectivity index (χ4v) is 12.5. The molecule has 1 aromatic carbocycles. The SMILES string of the molecule is CN(CC=CC(=O)CCC(=O)N1CCN(Cc2cc3nc(-c4cccc5[nH]ncc45)nc(N4CCOCC4)c3s2)CC1)C(=O)CCC(=O)NCCCOCCOCCOCCCNC(=O)CCCCC1SCC2NC(=O)NC21. The molecule has 3 atom stereocenters. The quantitative estimate of drug-likeness (QED) is 0.0266. The molecule has 78 heavy (non-hydrogen) atoms. The first kappa shape index (κ1) is 58.4. The van der Waals surface area contributed by atoms with Gasteiger partial charge in [0.05, 0.1) is 73.7 Å². The molecule has 4 aliphatic heterocycles. The molecule has 24 heteroatoms. The molecule has 3 unspecified atom stereocenters. The summed E-state index contributed by atoms with van der Waals surface area (Å²) in [5.74, 6) is 1.93. The highest BCUT2D eigenvalue weighted by atomic mass is 32.2. The van der Waals surface area contributed by atoms with E-state index < -0.39 is 0 Å². The second-order valence-corrected chi connectivity index (χ2v) is 22.4. The molecule has 4 fully saturated rings. The Morgan fingerprint density at radius 3 is 2.32 bits per heavy atom. The van der Waals surface area contributed by atoms with Crippen LogP contribution >= 0.6 is 23.1 Å². The van der Waals surface area contributed by atoms with E-state index >= 15 is 0 Å². The number of benzene rings is 1. The van der Waals surface area contributed by atoms with Gasteiger partial charge in [0.2, 0.25) is 23.6 Å². The second-order valence-electron chi connectivity index (χ2n) is 19.9. The molecule has 0 aliphatic carbocycles. The summed E-state index contributed by atoms with van der Waals surface area (Å²) in [5, 5.41) is 20.4. The minimum absolute atomic E-state index is 0.0460. The number of morpholine rings is 1. The van der Waals surface area contributed by atoms with Gasteiger partial charge in [-0.15, -0.1) is 11.3 Å². The van der Waals surface area contributed by atoms with Gasteiger partial charge in [0, 0.05) is 145 Å². The monoisotopic (exact) mass is 1120 g/mol. The first-order valence-electron chi connectivity index (χ1n) is 27.5. The Kier molecular flexibility index (Phi) is 22.9. The number of H-pyrrole nitrogens is 1. The molecule has 5 N–H and O–H groups in total. The lowest BCUT2D eigenvalue weighted by Crippen LogP contribution is -2.48. The summed E-state index contributed by atoms with van der Waals surface area (Å²) in [6.07, 6.45) is 9.81. The third kappa shape index (κ3) is 17.6. The Bertz CT molecular complexity index is 2660. The van der Waals surface area contributed by atoms with Gasteiger partial charge in [-0.3, -0.25) is 34.0 Å². The summed E-state index contributed by atoms with van der Waals surface area (Å²) in [7, 11) is 1.63. The fourth-order valence-electron chi connectivity index (χ4n) is 9.81. The number of thiophene rings is 1. The van der Waals surface area contributed by atoms with Crippen LogP contribution in [0.4, 0.5) is 10.6 Å². The molecule has 4 saturated heterocycles. The Morgan fingerprint density at radius 2 is 1.56 bits per heavy atom. The van der Waals surface area contributed by atoms with Crippen LogP contribution < -0.4 is 26.2 Å². The molecule has 0 bridgehead atoms.